The molecule has 0 aliphatic rings. The maximum Gasteiger partial charge on any atom is 0.356 e. The molecule has 3 aromatic rings. The summed E-state index contributed by atoms with van der Waals surface area (Å²) >= 11 is 6.05. The quantitative estimate of drug-likeness (QED) is 0.639. The topological polar surface area (TPSA) is 88.3 Å². The molecule has 1 heterocycles. The zero-order valence-electron chi connectivity index (χ0n) is 14.2. The van der Waals surface area contributed by atoms with E-state index in [1.165, 1.54) is 6.07 Å². The number of nitrogens with one attached hydrogen (secondary N) is 2. The molecular formula is C18H17ClN2O4S. The highest BCUT2D eigenvalue weighted by atomic mass is 35.5. The predicted molar refractivity (Wildman–Crippen MR) is 101 cm³/mol. The number of anilines is 1. The number of rotatable bonds is 5. The number of hydrogen-bond acceptors (Lipinski definition) is 4. The fourth-order valence-electron chi connectivity index (χ4n) is 2.67. The number of carbonyl (C=O) groups is 1. The first-order valence-electron chi connectivity index (χ1n) is 7.91. The fourth-order valence-corrected chi connectivity index (χ4v) is 4.26. The molecule has 2 aromatic carbocycles. The Morgan fingerprint density at radius 2 is 1.92 bits per heavy atom. The molecule has 2 N–H and O–H groups in total. The van der Waals surface area contributed by atoms with Crippen LogP contribution in [0.5, 0.6) is 0 Å². The third-order valence-corrected chi connectivity index (χ3v) is 5.83. The number of aromatic amines is 1. The number of H-pyrrole nitrogens is 1. The molecular weight excluding hydrogens is 376 g/mol. The molecule has 0 aliphatic carbocycles. The Morgan fingerprint density at radius 3 is 2.65 bits per heavy atom. The van der Waals surface area contributed by atoms with Gasteiger partial charge in [0, 0.05) is 15.9 Å². The molecule has 6 nitrogen and oxygen atoms in total. The number of fused-ring (bicyclic) bond motifs is 1. The Hall–Kier alpha value is -2.51. The summed E-state index contributed by atoms with van der Waals surface area (Å²) in [5.74, 6) is -0.635. The van der Waals surface area contributed by atoms with Crippen molar-refractivity contribution in [3.05, 3.63) is 58.7 Å². The van der Waals surface area contributed by atoms with Crippen LogP contribution in [0.3, 0.4) is 0 Å². The van der Waals surface area contributed by atoms with E-state index >= 15 is 0 Å². The highest BCUT2D eigenvalue weighted by Gasteiger charge is 2.25. The first-order valence-corrected chi connectivity index (χ1v) is 9.77. The number of para-hydroxylation sites is 1. The highest BCUT2D eigenvalue weighted by Crippen LogP contribution is 2.32. The molecule has 26 heavy (non-hydrogen) atoms. The van der Waals surface area contributed by atoms with E-state index in [1.54, 1.807) is 50.2 Å². The number of ether oxygens (including phenoxy) is 1. The van der Waals surface area contributed by atoms with Crippen molar-refractivity contribution in [2.75, 3.05) is 11.3 Å². The van der Waals surface area contributed by atoms with Crippen LogP contribution in [-0.4, -0.2) is 26.0 Å². The van der Waals surface area contributed by atoms with Crippen LogP contribution in [0.2, 0.25) is 5.02 Å². The fraction of sp³-hybridized carbons (Fsp3) is 0.167. The van der Waals surface area contributed by atoms with Crippen molar-refractivity contribution in [1.82, 2.24) is 4.98 Å². The second kappa shape index (κ2) is 7.01. The Kier molecular flexibility index (Phi) is 4.93. The van der Waals surface area contributed by atoms with Crippen LogP contribution in [0.4, 0.5) is 5.69 Å². The molecule has 0 aliphatic heterocycles. The van der Waals surface area contributed by atoms with E-state index < -0.39 is 16.0 Å². The van der Waals surface area contributed by atoms with Gasteiger partial charge in [0.2, 0.25) is 0 Å². The third-order valence-electron chi connectivity index (χ3n) is 3.93. The normalized spacial score (nSPS) is 11.5. The predicted octanol–water partition coefficient (Wildman–Crippen LogP) is 4.11. The Bertz CT molecular complexity index is 1090. The minimum Gasteiger partial charge on any atom is -0.461 e. The zero-order valence-corrected chi connectivity index (χ0v) is 15.7. The Morgan fingerprint density at radius 1 is 1.19 bits per heavy atom. The zero-order chi connectivity index (χ0) is 18.9. The molecule has 0 spiro atoms. The Labute approximate surface area is 156 Å². The van der Waals surface area contributed by atoms with E-state index in [9.17, 15) is 13.2 Å². The molecule has 0 bridgehead atoms. The summed E-state index contributed by atoms with van der Waals surface area (Å²) in [5.41, 5.74) is 1.25. The molecule has 0 unspecified atom stereocenters. The SMILES string of the molecule is CCOC(=O)c1[nH]c2ccccc2c1NS(=O)(=O)c1cccc(Cl)c1C. The number of benzene rings is 2. The van der Waals surface area contributed by atoms with E-state index in [1.807, 2.05) is 0 Å². The van der Waals surface area contributed by atoms with E-state index in [0.717, 1.165) is 0 Å². The van der Waals surface area contributed by atoms with Gasteiger partial charge in [0.1, 0.15) is 0 Å². The molecule has 0 fully saturated rings. The van der Waals surface area contributed by atoms with E-state index in [0.29, 0.717) is 21.5 Å². The lowest BCUT2D eigenvalue weighted by Crippen LogP contribution is -2.17. The molecule has 0 amide bonds. The lowest BCUT2D eigenvalue weighted by atomic mass is 10.2. The third kappa shape index (κ3) is 3.27. The first-order chi connectivity index (χ1) is 12.3. The molecule has 0 atom stereocenters. The van der Waals surface area contributed by atoms with Crippen LogP contribution in [0.1, 0.15) is 23.0 Å². The van der Waals surface area contributed by atoms with Gasteiger partial charge in [-0.05, 0) is 37.6 Å². The van der Waals surface area contributed by atoms with Crippen molar-refractivity contribution in [2.45, 2.75) is 18.7 Å². The summed E-state index contributed by atoms with van der Waals surface area (Å²) in [6.45, 7) is 3.48. The van der Waals surface area contributed by atoms with Gasteiger partial charge >= 0.3 is 5.97 Å². The van der Waals surface area contributed by atoms with Gasteiger partial charge in [0.25, 0.3) is 10.0 Å². The second-order valence-electron chi connectivity index (χ2n) is 5.61. The van der Waals surface area contributed by atoms with Gasteiger partial charge in [-0.2, -0.15) is 0 Å². The van der Waals surface area contributed by atoms with Crippen LogP contribution >= 0.6 is 11.6 Å². The van der Waals surface area contributed by atoms with Crippen molar-refractivity contribution in [2.24, 2.45) is 0 Å². The lowest BCUT2D eigenvalue weighted by Gasteiger charge is -2.12. The molecule has 0 saturated carbocycles. The van der Waals surface area contributed by atoms with Crippen molar-refractivity contribution in [1.29, 1.82) is 0 Å². The molecule has 8 heteroatoms. The molecule has 0 radical (unpaired) electrons. The second-order valence-corrected chi connectivity index (χ2v) is 7.67. The summed E-state index contributed by atoms with van der Waals surface area (Å²) in [5, 5.41) is 0.913. The van der Waals surface area contributed by atoms with Crippen molar-refractivity contribution >= 4 is 44.2 Å². The van der Waals surface area contributed by atoms with Crippen LogP contribution in [0, 0.1) is 6.92 Å². The number of carbonyl (C=O) groups excluding carboxylic acids is 1. The lowest BCUT2D eigenvalue weighted by molar-refractivity contribution is 0.0522. The van der Waals surface area contributed by atoms with Crippen molar-refractivity contribution in [3.63, 3.8) is 0 Å². The van der Waals surface area contributed by atoms with Gasteiger partial charge < -0.3 is 9.72 Å². The van der Waals surface area contributed by atoms with Crippen LogP contribution in [-0.2, 0) is 14.8 Å². The van der Waals surface area contributed by atoms with Crippen LogP contribution in [0.25, 0.3) is 10.9 Å². The number of halogens is 1. The summed E-state index contributed by atoms with van der Waals surface area (Å²) in [7, 11) is -3.96. The minimum atomic E-state index is -3.96. The number of esters is 1. The maximum absolute atomic E-state index is 12.9. The molecule has 0 saturated heterocycles. The van der Waals surface area contributed by atoms with Crippen molar-refractivity contribution < 1.29 is 17.9 Å². The smallest absolute Gasteiger partial charge is 0.356 e. The first kappa shape index (κ1) is 18.3. The standard InChI is InChI=1S/C18H17ClN2O4S/c1-3-25-18(22)17-16(12-7-4-5-9-14(12)20-17)21-26(23,24)15-10-6-8-13(19)11(15)2/h4-10,20-21H,3H2,1-2H3. The van der Waals surface area contributed by atoms with Gasteiger partial charge in [-0.25, -0.2) is 13.2 Å². The summed E-state index contributed by atoms with van der Waals surface area (Å²) in [4.78, 5) is 15.2. The molecule has 136 valence electrons. The van der Waals surface area contributed by atoms with Crippen molar-refractivity contribution in [3.8, 4) is 0 Å². The molecule has 3 rings (SSSR count). The van der Waals surface area contributed by atoms with Crippen LogP contribution < -0.4 is 4.72 Å². The average Bonchev–Trinajstić information content (AvgIpc) is 2.96. The van der Waals surface area contributed by atoms with Gasteiger partial charge in [0.15, 0.2) is 5.69 Å². The minimum absolute atomic E-state index is 0.0464. The van der Waals surface area contributed by atoms with Crippen LogP contribution in [0.15, 0.2) is 47.4 Å². The summed E-state index contributed by atoms with van der Waals surface area (Å²) < 4.78 is 33.4. The van der Waals surface area contributed by atoms with E-state index in [-0.39, 0.29) is 22.9 Å². The highest BCUT2D eigenvalue weighted by molar-refractivity contribution is 7.92. The Balaban J connectivity index is 2.14. The maximum atomic E-state index is 12.9. The van der Waals surface area contributed by atoms with Gasteiger partial charge in [-0.15, -0.1) is 0 Å². The monoisotopic (exact) mass is 392 g/mol. The number of sulfonamides is 1. The number of hydrogen-bond donors (Lipinski definition) is 2. The summed E-state index contributed by atoms with van der Waals surface area (Å²) in [6, 6.07) is 11.7. The number of aromatic nitrogens is 1. The summed E-state index contributed by atoms with van der Waals surface area (Å²) in [6.07, 6.45) is 0. The van der Waals surface area contributed by atoms with E-state index in [4.69, 9.17) is 16.3 Å². The largest absolute Gasteiger partial charge is 0.461 e. The average molecular weight is 393 g/mol. The van der Waals surface area contributed by atoms with Gasteiger partial charge in [-0.1, -0.05) is 35.9 Å². The van der Waals surface area contributed by atoms with Gasteiger partial charge in [-0.3, -0.25) is 4.72 Å². The van der Waals surface area contributed by atoms with E-state index in [2.05, 4.69) is 9.71 Å². The van der Waals surface area contributed by atoms with Gasteiger partial charge in [0.05, 0.1) is 17.2 Å². The molecule has 1 aromatic heterocycles.